The molecule has 1 aromatic heterocycles. The molecule has 0 aliphatic rings. The van der Waals surface area contributed by atoms with E-state index < -0.39 is 11.8 Å². The molecule has 0 unspecified atom stereocenters. The fourth-order valence-corrected chi connectivity index (χ4v) is 2.26. The van der Waals surface area contributed by atoms with E-state index in [1.807, 2.05) is 6.07 Å². The molecule has 15 heavy (non-hydrogen) atoms. The molecule has 2 rings (SSSR count). The molecule has 0 atom stereocenters. The summed E-state index contributed by atoms with van der Waals surface area (Å²) in [6.45, 7) is 1.76. The molecule has 76 valence electrons. The number of aryl methyl sites for hydroxylation is 1. The SMILES string of the molecule is Cc1nsc2cccc(C(=O)C(=O)O)c12. The highest BCUT2D eigenvalue weighted by molar-refractivity contribution is 7.13. The molecule has 0 radical (unpaired) electrons. The van der Waals surface area contributed by atoms with Crippen molar-refractivity contribution in [2.45, 2.75) is 6.92 Å². The van der Waals surface area contributed by atoms with E-state index >= 15 is 0 Å². The molecule has 0 bridgehead atoms. The summed E-state index contributed by atoms with van der Waals surface area (Å²) in [6, 6.07) is 4.99. The van der Waals surface area contributed by atoms with Gasteiger partial charge in [-0.25, -0.2) is 4.79 Å². The first-order chi connectivity index (χ1) is 7.11. The Kier molecular flexibility index (Phi) is 2.24. The largest absolute Gasteiger partial charge is 0.475 e. The lowest BCUT2D eigenvalue weighted by atomic mass is 10.1. The average Bonchev–Trinajstić information content (AvgIpc) is 2.59. The van der Waals surface area contributed by atoms with Crippen LogP contribution in [0, 0.1) is 6.92 Å². The van der Waals surface area contributed by atoms with E-state index in [9.17, 15) is 9.59 Å². The number of aromatic nitrogens is 1. The summed E-state index contributed by atoms with van der Waals surface area (Å²) in [5, 5.41) is 9.30. The molecule has 4 nitrogen and oxygen atoms in total. The van der Waals surface area contributed by atoms with Gasteiger partial charge in [0.25, 0.3) is 5.78 Å². The van der Waals surface area contributed by atoms with Crippen LogP contribution in [-0.4, -0.2) is 21.2 Å². The molecule has 0 amide bonds. The molecule has 0 fully saturated rings. The number of ketones is 1. The van der Waals surface area contributed by atoms with Crippen molar-refractivity contribution in [2.75, 3.05) is 0 Å². The van der Waals surface area contributed by atoms with Gasteiger partial charge in [-0.2, -0.15) is 4.37 Å². The third-order valence-electron chi connectivity index (χ3n) is 2.11. The highest BCUT2D eigenvalue weighted by atomic mass is 32.1. The van der Waals surface area contributed by atoms with Crippen LogP contribution in [0.1, 0.15) is 16.1 Å². The number of hydrogen-bond acceptors (Lipinski definition) is 4. The Bertz CT molecular complexity index is 559. The molecular formula is C10H7NO3S. The van der Waals surface area contributed by atoms with Gasteiger partial charge >= 0.3 is 5.97 Å². The first kappa shape index (κ1) is 9.79. The van der Waals surface area contributed by atoms with Gasteiger partial charge < -0.3 is 5.11 Å². The Labute approximate surface area is 89.3 Å². The fourth-order valence-electron chi connectivity index (χ4n) is 1.45. The van der Waals surface area contributed by atoms with Crippen molar-refractivity contribution < 1.29 is 14.7 Å². The Morgan fingerprint density at radius 3 is 2.80 bits per heavy atom. The summed E-state index contributed by atoms with van der Waals surface area (Å²) in [7, 11) is 0. The summed E-state index contributed by atoms with van der Waals surface area (Å²) in [5.41, 5.74) is 0.909. The quantitative estimate of drug-likeness (QED) is 0.621. The number of benzene rings is 1. The minimum absolute atomic E-state index is 0.214. The highest BCUT2D eigenvalue weighted by Crippen LogP contribution is 2.25. The number of aliphatic carboxylic acids is 1. The Balaban J connectivity index is 2.75. The van der Waals surface area contributed by atoms with Crippen molar-refractivity contribution in [3.05, 3.63) is 29.5 Å². The van der Waals surface area contributed by atoms with Crippen LogP contribution in [0.4, 0.5) is 0 Å². The second-order valence-corrected chi connectivity index (χ2v) is 3.89. The smallest absolute Gasteiger partial charge is 0.377 e. The van der Waals surface area contributed by atoms with Gasteiger partial charge in [0.05, 0.1) is 10.4 Å². The summed E-state index contributed by atoms with van der Waals surface area (Å²) in [5.74, 6) is -2.32. The van der Waals surface area contributed by atoms with Crippen molar-refractivity contribution in [1.82, 2.24) is 4.37 Å². The topological polar surface area (TPSA) is 67.3 Å². The molecule has 1 heterocycles. The van der Waals surface area contributed by atoms with Crippen molar-refractivity contribution in [3.8, 4) is 0 Å². The molecule has 0 aliphatic carbocycles. The normalized spacial score (nSPS) is 10.5. The van der Waals surface area contributed by atoms with Crippen molar-refractivity contribution in [3.63, 3.8) is 0 Å². The zero-order valence-electron chi connectivity index (χ0n) is 7.85. The first-order valence-electron chi connectivity index (χ1n) is 4.24. The minimum Gasteiger partial charge on any atom is -0.475 e. The maximum absolute atomic E-state index is 11.4. The van der Waals surface area contributed by atoms with Crippen molar-refractivity contribution in [1.29, 1.82) is 0 Å². The second-order valence-electron chi connectivity index (χ2n) is 3.08. The van der Waals surface area contributed by atoms with Crippen LogP contribution in [0.2, 0.25) is 0 Å². The molecule has 1 N–H and O–H groups in total. The lowest BCUT2D eigenvalue weighted by molar-refractivity contribution is -0.131. The summed E-state index contributed by atoms with van der Waals surface area (Å²) >= 11 is 1.26. The van der Waals surface area contributed by atoms with Crippen LogP contribution >= 0.6 is 11.5 Å². The number of carbonyl (C=O) groups is 2. The van der Waals surface area contributed by atoms with E-state index in [-0.39, 0.29) is 5.56 Å². The summed E-state index contributed by atoms with van der Waals surface area (Å²) in [4.78, 5) is 22.0. The van der Waals surface area contributed by atoms with Gasteiger partial charge in [-0.1, -0.05) is 6.07 Å². The van der Waals surface area contributed by atoms with Gasteiger partial charge in [0.1, 0.15) is 0 Å². The van der Waals surface area contributed by atoms with Crippen LogP contribution in [0.3, 0.4) is 0 Å². The van der Waals surface area contributed by atoms with Crippen molar-refractivity contribution in [2.24, 2.45) is 0 Å². The number of carboxylic acids is 1. The standard InChI is InChI=1S/C10H7NO3S/c1-5-8-6(9(12)10(13)14)3-2-4-7(8)15-11-5/h2-4H,1H3,(H,13,14). The van der Waals surface area contributed by atoms with Crippen LogP contribution in [0.5, 0.6) is 0 Å². The summed E-state index contributed by atoms with van der Waals surface area (Å²) in [6.07, 6.45) is 0. The molecule has 2 aromatic rings. The Morgan fingerprint density at radius 1 is 1.40 bits per heavy atom. The number of Topliss-reactive ketones (excluding diaryl/α,β-unsaturated/α-hetero) is 1. The van der Waals surface area contributed by atoms with Crippen LogP contribution in [-0.2, 0) is 4.79 Å². The second kappa shape index (κ2) is 3.43. The van der Waals surface area contributed by atoms with Gasteiger partial charge in [0, 0.05) is 10.9 Å². The first-order valence-corrected chi connectivity index (χ1v) is 5.01. The lowest BCUT2D eigenvalue weighted by Crippen LogP contribution is -2.12. The molecule has 0 saturated heterocycles. The van der Waals surface area contributed by atoms with Crippen molar-refractivity contribution >= 4 is 33.4 Å². The predicted molar refractivity (Wildman–Crippen MR) is 56.3 cm³/mol. The molecule has 0 aliphatic heterocycles. The van der Waals surface area contributed by atoms with E-state index in [1.165, 1.54) is 17.6 Å². The molecule has 0 spiro atoms. The van der Waals surface area contributed by atoms with E-state index in [0.29, 0.717) is 11.1 Å². The number of rotatable bonds is 2. The monoisotopic (exact) mass is 221 g/mol. The van der Waals surface area contributed by atoms with Gasteiger partial charge in [0.15, 0.2) is 0 Å². The van der Waals surface area contributed by atoms with Crippen LogP contribution in [0.15, 0.2) is 18.2 Å². The third-order valence-corrected chi connectivity index (χ3v) is 3.01. The van der Waals surface area contributed by atoms with Crippen LogP contribution in [0.25, 0.3) is 10.1 Å². The third kappa shape index (κ3) is 1.50. The van der Waals surface area contributed by atoms with E-state index in [2.05, 4.69) is 4.37 Å². The van der Waals surface area contributed by atoms with Gasteiger partial charge in [-0.15, -0.1) is 0 Å². The zero-order chi connectivity index (χ0) is 11.0. The van der Waals surface area contributed by atoms with E-state index in [0.717, 1.165) is 4.70 Å². The zero-order valence-corrected chi connectivity index (χ0v) is 8.67. The Morgan fingerprint density at radius 2 is 2.13 bits per heavy atom. The molecule has 5 heteroatoms. The van der Waals surface area contributed by atoms with Gasteiger partial charge in [-0.3, -0.25) is 4.79 Å². The summed E-state index contributed by atoms with van der Waals surface area (Å²) < 4.78 is 4.93. The van der Waals surface area contributed by atoms with Crippen LogP contribution < -0.4 is 0 Å². The van der Waals surface area contributed by atoms with Gasteiger partial charge in [0.2, 0.25) is 0 Å². The molecule has 1 aromatic carbocycles. The maximum atomic E-state index is 11.4. The van der Waals surface area contributed by atoms with E-state index in [1.54, 1.807) is 13.0 Å². The number of hydrogen-bond donors (Lipinski definition) is 1. The minimum atomic E-state index is -1.44. The maximum Gasteiger partial charge on any atom is 0.377 e. The van der Waals surface area contributed by atoms with Gasteiger partial charge in [-0.05, 0) is 30.6 Å². The molecular weight excluding hydrogens is 214 g/mol. The number of fused-ring (bicyclic) bond motifs is 1. The molecule has 0 saturated carbocycles. The number of nitrogens with zero attached hydrogens (tertiary/aromatic N) is 1. The van der Waals surface area contributed by atoms with E-state index in [4.69, 9.17) is 5.11 Å². The fraction of sp³-hybridized carbons (Fsp3) is 0.100. The highest BCUT2D eigenvalue weighted by Gasteiger charge is 2.19. The Hall–Kier alpha value is -1.75. The predicted octanol–water partition coefficient (Wildman–Crippen LogP) is 1.87. The lowest BCUT2D eigenvalue weighted by Gasteiger charge is -1.98. The number of carbonyl (C=O) groups excluding carboxylic acids is 1. The average molecular weight is 221 g/mol. The number of carboxylic acid groups (broad SMARTS) is 1.